The molecule has 2 aromatic carbocycles. The van der Waals surface area contributed by atoms with Crippen molar-refractivity contribution in [1.29, 1.82) is 0 Å². The summed E-state index contributed by atoms with van der Waals surface area (Å²) in [4.78, 5) is 2.49. The third kappa shape index (κ3) is 5.63. The predicted molar refractivity (Wildman–Crippen MR) is 121 cm³/mol. The van der Waals surface area contributed by atoms with Crippen LogP contribution in [0.1, 0.15) is 36.8 Å². The number of hydrogen-bond donors (Lipinski definition) is 0. The molecule has 0 heterocycles. The van der Waals surface area contributed by atoms with Gasteiger partial charge in [0.05, 0.1) is 34.5 Å². The van der Waals surface area contributed by atoms with Crippen LogP contribution in [0.3, 0.4) is 0 Å². The second kappa shape index (κ2) is 11.3. The summed E-state index contributed by atoms with van der Waals surface area (Å²) in [5.74, 6) is 3.24. The molecule has 2 aromatic rings. The Labute approximate surface area is 186 Å². The molecule has 170 valence electrons. The molecule has 1 saturated carbocycles. The fourth-order valence-corrected chi connectivity index (χ4v) is 4.46. The number of rotatable bonds is 10. The van der Waals surface area contributed by atoms with Crippen molar-refractivity contribution in [2.45, 2.75) is 50.9 Å². The number of benzene rings is 2. The van der Waals surface area contributed by atoms with Gasteiger partial charge in [-0.3, -0.25) is 4.90 Å². The Bertz CT molecular complexity index is 783. The van der Waals surface area contributed by atoms with Gasteiger partial charge in [0.15, 0.2) is 0 Å². The Morgan fingerprint density at radius 2 is 1.23 bits per heavy atom. The standard InChI is InChI=1S/C25H35NO5/c1-27-20-12-10-18(24(14-20)30-4)16-26(22-8-6-7-9-23(22)29-3)17-19-11-13-21(28-2)15-25(19)31-5/h10-15,22-23H,6-9,16-17H2,1-5H3. The first-order chi connectivity index (χ1) is 15.1. The van der Waals surface area contributed by atoms with Crippen molar-refractivity contribution in [3.8, 4) is 23.0 Å². The van der Waals surface area contributed by atoms with E-state index >= 15 is 0 Å². The molecule has 1 aliphatic rings. The highest BCUT2D eigenvalue weighted by Crippen LogP contribution is 2.33. The molecule has 2 unspecified atom stereocenters. The smallest absolute Gasteiger partial charge is 0.127 e. The molecule has 0 N–H and O–H groups in total. The molecule has 2 atom stereocenters. The third-order valence-electron chi connectivity index (χ3n) is 6.17. The lowest BCUT2D eigenvalue weighted by Crippen LogP contribution is -2.45. The lowest BCUT2D eigenvalue weighted by molar-refractivity contribution is -0.0180. The van der Waals surface area contributed by atoms with Crippen LogP contribution in [-0.2, 0) is 17.8 Å². The summed E-state index contributed by atoms with van der Waals surface area (Å²) < 4.78 is 28.0. The van der Waals surface area contributed by atoms with E-state index in [9.17, 15) is 0 Å². The maximum Gasteiger partial charge on any atom is 0.127 e. The first-order valence-electron chi connectivity index (χ1n) is 10.8. The highest BCUT2D eigenvalue weighted by Gasteiger charge is 2.31. The average molecular weight is 430 g/mol. The molecule has 0 bridgehead atoms. The van der Waals surface area contributed by atoms with E-state index in [1.54, 1.807) is 28.4 Å². The lowest BCUT2D eigenvalue weighted by Gasteiger charge is -2.39. The second-order valence-corrected chi connectivity index (χ2v) is 7.89. The van der Waals surface area contributed by atoms with Crippen molar-refractivity contribution < 1.29 is 23.7 Å². The van der Waals surface area contributed by atoms with Crippen LogP contribution in [0.5, 0.6) is 23.0 Å². The van der Waals surface area contributed by atoms with Gasteiger partial charge in [-0.2, -0.15) is 0 Å². The Morgan fingerprint density at radius 1 is 0.710 bits per heavy atom. The number of nitrogens with zero attached hydrogens (tertiary/aromatic N) is 1. The van der Waals surface area contributed by atoms with Crippen LogP contribution in [0.2, 0.25) is 0 Å². The highest BCUT2D eigenvalue weighted by atomic mass is 16.5. The van der Waals surface area contributed by atoms with Gasteiger partial charge in [-0.15, -0.1) is 0 Å². The summed E-state index contributed by atoms with van der Waals surface area (Å²) in [6.07, 6.45) is 4.82. The zero-order valence-electron chi connectivity index (χ0n) is 19.3. The molecule has 3 rings (SSSR count). The first-order valence-corrected chi connectivity index (χ1v) is 10.8. The van der Waals surface area contributed by atoms with E-state index in [0.717, 1.165) is 60.1 Å². The number of methoxy groups -OCH3 is 5. The maximum atomic E-state index is 5.90. The molecule has 0 aliphatic heterocycles. The van der Waals surface area contributed by atoms with Gasteiger partial charge in [0.1, 0.15) is 23.0 Å². The maximum absolute atomic E-state index is 5.90. The zero-order valence-corrected chi connectivity index (χ0v) is 19.3. The molecule has 31 heavy (non-hydrogen) atoms. The van der Waals surface area contributed by atoms with Crippen molar-refractivity contribution in [1.82, 2.24) is 4.90 Å². The highest BCUT2D eigenvalue weighted by molar-refractivity contribution is 5.42. The normalized spacial score (nSPS) is 18.6. The molecule has 6 nitrogen and oxygen atoms in total. The van der Waals surface area contributed by atoms with E-state index in [0.29, 0.717) is 6.04 Å². The lowest BCUT2D eigenvalue weighted by atomic mass is 9.90. The van der Waals surface area contributed by atoms with Crippen LogP contribution in [0, 0.1) is 0 Å². The molecular formula is C25H35NO5. The van der Waals surface area contributed by atoms with Crippen molar-refractivity contribution in [2.75, 3.05) is 35.5 Å². The van der Waals surface area contributed by atoms with Gasteiger partial charge >= 0.3 is 0 Å². The summed E-state index contributed by atoms with van der Waals surface area (Å²) in [5, 5.41) is 0. The SMILES string of the molecule is COc1ccc(CN(Cc2ccc(OC)cc2OC)C2CCCCC2OC)c(OC)c1. The van der Waals surface area contributed by atoms with E-state index in [4.69, 9.17) is 23.7 Å². The second-order valence-electron chi connectivity index (χ2n) is 7.89. The van der Waals surface area contributed by atoms with Gasteiger partial charge in [0.2, 0.25) is 0 Å². The van der Waals surface area contributed by atoms with Crippen LogP contribution >= 0.6 is 0 Å². The summed E-state index contributed by atoms with van der Waals surface area (Å²) >= 11 is 0. The van der Waals surface area contributed by atoms with Crippen LogP contribution in [0.4, 0.5) is 0 Å². The van der Waals surface area contributed by atoms with Gasteiger partial charge in [0.25, 0.3) is 0 Å². The van der Waals surface area contributed by atoms with E-state index in [2.05, 4.69) is 17.0 Å². The summed E-state index contributed by atoms with van der Waals surface area (Å²) in [5.41, 5.74) is 2.24. The van der Waals surface area contributed by atoms with Crippen LogP contribution in [-0.4, -0.2) is 52.6 Å². The fourth-order valence-electron chi connectivity index (χ4n) is 4.46. The molecule has 0 saturated heterocycles. The third-order valence-corrected chi connectivity index (χ3v) is 6.17. The molecule has 6 heteroatoms. The van der Waals surface area contributed by atoms with Crippen molar-refractivity contribution in [2.24, 2.45) is 0 Å². The fraction of sp³-hybridized carbons (Fsp3) is 0.520. The topological polar surface area (TPSA) is 49.4 Å². The monoisotopic (exact) mass is 429 g/mol. The molecule has 0 amide bonds. The van der Waals surface area contributed by atoms with Gasteiger partial charge in [-0.05, 0) is 25.0 Å². The molecule has 1 aliphatic carbocycles. The number of ether oxygens (including phenoxy) is 5. The predicted octanol–water partition coefficient (Wildman–Crippen LogP) is 4.68. The molecule has 0 spiro atoms. The minimum atomic E-state index is 0.210. The summed E-state index contributed by atoms with van der Waals surface area (Å²) in [6.45, 7) is 1.49. The van der Waals surface area contributed by atoms with E-state index in [1.165, 1.54) is 12.8 Å². The Hall–Kier alpha value is -2.44. The zero-order chi connectivity index (χ0) is 22.2. The first kappa shape index (κ1) is 23.2. The number of hydrogen-bond acceptors (Lipinski definition) is 6. The van der Waals surface area contributed by atoms with Crippen LogP contribution < -0.4 is 18.9 Å². The van der Waals surface area contributed by atoms with E-state index in [1.807, 2.05) is 31.4 Å². The largest absolute Gasteiger partial charge is 0.497 e. The summed E-state index contributed by atoms with van der Waals surface area (Å²) in [6, 6.07) is 12.3. The van der Waals surface area contributed by atoms with Gasteiger partial charge in [0, 0.05) is 49.5 Å². The van der Waals surface area contributed by atoms with Gasteiger partial charge < -0.3 is 23.7 Å². The van der Waals surface area contributed by atoms with Crippen molar-refractivity contribution >= 4 is 0 Å². The van der Waals surface area contributed by atoms with E-state index < -0.39 is 0 Å². The Kier molecular flexibility index (Phi) is 8.43. The van der Waals surface area contributed by atoms with E-state index in [-0.39, 0.29) is 6.10 Å². The van der Waals surface area contributed by atoms with Crippen molar-refractivity contribution in [3.63, 3.8) is 0 Å². The molecule has 0 aromatic heterocycles. The molecule has 0 radical (unpaired) electrons. The quantitative estimate of drug-likeness (QED) is 0.547. The Balaban J connectivity index is 1.94. The van der Waals surface area contributed by atoms with Gasteiger partial charge in [-0.1, -0.05) is 25.0 Å². The van der Waals surface area contributed by atoms with Crippen LogP contribution in [0.25, 0.3) is 0 Å². The van der Waals surface area contributed by atoms with Gasteiger partial charge in [-0.25, -0.2) is 0 Å². The Morgan fingerprint density at radius 3 is 1.68 bits per heavy atom. The minimum absolute atomic E-state index is 0.210. The molecule has 1 fully saturated rings. The minimum Gasteiger partial charge on any atom is -0.497 e. The molecular weight excluding hydrogens is 394 g/mol. The van der Waals surface area contributed by atoms with Crippen molar-refractivity contribution in [3.05, 3.63) is 47.5 Å². The summed E-state index contributed by atoms with van der Waals surface area (Å²) in [7, 11) is 8.56. The average Bonchev–Trinajstić information content (AvgIpc) is 2.83. The van der Waals surface area contributed by atoms with Crippen LogP contribution in [0.15, 0.2) is 36.4 Å².